The molecule has 4 nitrogen and oxygen atoms in total. The first kappa shape index (κ1) is 13.6. The molecule has 21 heavy (non-hydrogen) atoms. The summed E-state index contributed by atoms with van der Waals surface area (Å²) in [7, 11) is 0. The fourth-order valence-corrected chi connectivity index (χ4v) is 2.00. The van der Waals surface area contributed by atoms with Gasteiger partial charge in [0.1, 0.15) is 5.82 Å². The van der Waals surface area contributed by atoms with Gasteiger partial charge in [-0.1, -0.05) is 29.8 Å². The molecule has 1 aromatic heterocycles. The number of nitrogens with zero attached hydrogens (tertiary/aromatic N) is 2. The van der Waals surface area contributed by atoms with E-state index >= 15 is 0 Å². The second kappa shape index (κ2) is 5.93. The number of halogens is 2. The van der Waals surface area contributed by atoms with Crippen LogP contribution in [0.4, 0.5) is 10.1 Å². The number of rotatable bonds is 4. The van der Waals surface area contributed by atoms with Crippen LogP contribution in [-0.4, -0.2) is 10.2 Å². The third kappa shape index (κ3) is 3.20. The van der Waals surface area contributed by atoms with Gasteiger partial charge < -0.3 is 9.73 Å². The van der Waals surface area contributed by atoms with Gasteiger partial charge in [-0.25, -0.2) is 4.39 Å². The van der Waals surface area contributed by atoms with Crippen LogP contribution in [0.5, 0.6) is 0 Å². The standard InChI is InChI=1S/C15H11ClFN3O/c16-11-6-7-12(17)13(8-11)18-9-14-19-20-15(21-14)10-4-2-1-3-5-10/h1-8,18H,9H2. The van der Waals surface area contributed by atoms with E-state index in [-0.39, 0.29) is 12.4 Å². The largest absolute Gasteiger partial charge is 0.419 e. The van der Waals surface area contributed by atoms with Crippen LogP contribution in [0.1, 0.15) is 5.89 Å². The summed E-state index contributed by atoms with van der Waals surface area (Å²) < 4.78 is 19.1. The van der Waals surface area contributed by atoms with Crippen molar-refractivity contribution in [1.29, 1.82) is 0 Å². The van der Waals surface area contributed by atoms with Gasteiger partial charge in [0.15, 0.2) is 0 Å². The van der Waals surface area contributed by atoms with Gasteiger partial charge >= 0.3 is 0 Å². The van der Waals surface area contributed by atoms with Gasteiger partial charge in [-0.05, 0) is 30.3 Å². The summed E-state index contributed by atoms with van der Waals surface area (Å²) in [5, 5.41) is 11.2. The number of hydrogen-bond donors (Lipinski definition) is 1. The fraction of sp³-hybridized carbons (Fsp3) is 0.0667. The van der Waals surface area contributed by atoms with Crippen LogP contribution in [0.3, 0.4) is 0 Å². The lowest BCUT2D eigenvalue weighted by atomic mass is 10.2. The first-order valence-corrected chi connectivity index (χ1v) is 6.67. The third-order valence-electron chi connectivity index (χ3n) is 2.85. The van der Waals surface area contributed by atoms with Crippen molar-refractivity contribution in [3.05, 3.63) is 65.3 Å². The Morgan fingerprint density at radius 2 is 1.90 bits per heavy atom. The number of aromatic nitrogens is 2. The average Bonchev–Trinajstić information content (AvgIpc) is 2.98. The minimum atomic E-state index is -0.387. The van der Waals surface area contributed by atoms with Crippen LogP contribution in [0.25, 0.3) is 11.5 Å². The Hall–Kier alpha value is -2.40. The maximum atomic E-state index is 13.6. The summed E-state index contributed by atoms with van der Waals surface area (Å²) in [6.07, 6.45) is 0. The maximum absolute atomic E-state index is 13.6. The molecule has 1 heterocycles. The maximum Gasteiger partial charge on any atom is 0.247 e. The predicted octanol–water partition coefficient (Wildman–Crippen LogP) is 4.14. The fourth-order valence-electron chi connectivity index (χ4n) is 1.83. The molecular weight excluding hydrogens is 293 g/mol. The number of nitrogens with one attached hydrogen (secondary N) is 1. The highest BCUT2D eigenvalue weighted by atomic mass is 35.5. The van der Waals surface area contributed by atoms with E-state index in [0.29, 0.717) is 22.5 Å². The molecule has 106 valence electrons. The molecule has 3 rings (SSSR count). The van der Waals surface area contributed by atoms with E-state index in [4.69, 9.17) is 16.0 Å². The molecule has 0 saturated carbocycles. The molecule has 0 fully saturated rings. The molecule has 0 atom stereocenters. The van der Waals surface area contributed by atoms with Gasteiger partial charge in [0.25, 0.3) is 0 Å². The van der Waals surface area contributed by atoms with Crippen LogP contribution in [0, 0.1) is 5.82 Å². The van der Waals surface area contributed by atoms with E-state index in [0.717, 1.165) is 5.56 Å². The van der Waals surface area contributed by atoms with Gasteiger partial charge in [-0.15, -0.1) is 10.2 Å². The number of benzene rings is 2. The summed E-state index contributed by atoms with van der Waals surface area (Å²) in [5.74, 6) is 0.411. The minimum Gasteiger partial charge on any atom is -0.419 e. The summed E-state index contributed by atoms with van der Waals surface area (Å²) in [4.78, 5) is 0. The zero-order valence-corrected chi connectivity index (χ0v) is 11.6. The van der Waals surface area contributed by atoms with Crippen LogP contribution in [-0.2, 0) is 6.54 Å². The predicted molar refractivity (Wildman–Crippen MR) is 78.5 cm³/mol. The second-order valence-electron chi connectivity index (χ2n) is 4.34. The van der Waals surface area contributed by atoms with Crippen molar-refractivity contribution >= 4 is 17.3 Å². The summed E-state index contributed by atoms with van der Waals surface area (Å²) >= 11 is 5.82. The average molecular weight is 304 g/mol. The molecule has 6 heteroatoms. The van der Waals surface area contributed by atoms with Crippen molar-refractivity contribution in [1.82, 2.24) is 10.2 Å². The van der Waals surface area contributed by atoms with E-state index < -0.39 is 0 Å². The second-order valence-corrected chi connectivity index (χ2v) is 4.78. The smallest absolute Gasteiger partial charge is 0.247 e. The molecular formula is C15H11ClFN3O. The van der Waals surface area contributed by atoms with E-state index in [9.17, 15) is 4.39 Å². The Morgan fingerprint density at radius 3 is 2.71 bits per heavy atom. The Bertz CT molecular complexity index is 746. The van der Waals surface area contributed by atoms with E-state index in [1.807, 2.05) is 30.3 Å². The highest BCUT2D eigenvalue weighted by Gasteiger charge is 2.09. The van der Waals surface area contributed by atoms with E-state index in [1.54, 1.807) is 0 Å². The van der Waals surface area contributed by atoms with Crippen LogP contribution >= 0.6 is 11.6 Å². The van der Waals surface area contributed by atoms with Crippen LogP contribution < -0.4 is 5.32 Å². The molecule has 0 bridgehead atoms. The Morgan fingerprint density at radius 1 is 1.10 bits per heavy atom. The van der Waals surface area contributed by atoms with Gasteiger partial charge in [0, 0.05) is 10.6 Å². The minimum absolute atomic E-state index is 0.219. The molecule has 0 aliphatic heterocycles. The van der Waals surface area contributed by atoms with Gasteiger partial charge in [0.2, 0.25) is 11.8 Å². The molecule has 1 N–H and O–H groups in total. The van der Waals surface area contributed by atoms with Gasteiger partial charge in [-0.2, -0.15) is 0 Å². The number of anilines is 1. The van der Waals surface area contributed by atoms with Crippen LogP contribution in [0.2, 0.25) is 5.02 Å². The lowest BCUT2D eigenvalue weighted by molar-refractivity contribution is 0.514. The first-order chi connectivity index (χ1) is 10.2. The zero-order valence-electron chi connectivity index (χ0n) is 10.9. The summed E-state index contributed by atoms with van der Waals surface area (Å²) in [6, 6.07) is 13.7. The monoisotopic (exact) mass is 303 g/mol. The topological polar surface area (TPSA) is 51.0 Å². The summed E-state index contributed by atoms with van der Waals surface area (Å²) in [5.41, 5.74) is 1.13. The Balaban J connectivity index is 1.72. The molecule has 3 aromatic rings. The van der Waals surface area contributed by atoms with Crippen molar-refractivity contribution in [3.63, 3.8) is 0 Å². The molecule has 0 aliphatic carbocycles. The Kier molecular flexibility index (Phi) is 3.83. The molecule has 0 saturated heterocycles. The molecule has 0 unspecified atom stereocenters. The van der Waals surface area contributed by atoms with Gasteiger partial charge in [0.05, 0.1) is 12.2 Å². The molecule has 0 amide bonds. The number of hydrogen-bond acceptors (Lipinski definition) is 4. The van der Waals surface area contributed by atoms with Crippen molar-refractivity contribution in [2.24, 2.45) is 0 Å². The Labute approximate surface area is 125 Å². The quantitative estimate of drug-likeness (QED) is 0.787. The lowest BCUT2D eigenvalue weighted by Crippen LogP contribution is -2.01. The van der Waals surface area contributed by atoms with Crippen molar-refractivity contribution in [2.75, 3.05) is 5.32 Å². The molecule has 2 aromatic carbocycles. The third-order valence-corrected chi connectivity index (χ3v) is 3.08. The van der Waals surface area contributed by atoms with E-state index in [2.05, 4.69) is 15.5 Å². The first-order valence-electron chi connectivity index (χ1n) is 6.29. The highest BCUT2D eigenvalue weighted by Crippen LogP contribution is 2.21. The molecule has 0 spiro atoms. The molecule has 0 radical (unpaired) electrons. The van der Waals surface area contributed by atoms with E-state index in [1.165, 1.54) is 18.2 Å². The SMILES string of the molecule is Fc1ccc(Cl)cc1NCc1nnc(-c2ccccc2)o1. The molecule has 0 aliphatic rings. The van der Waals surface area contributed by atoms with Crippen LogP contribution in [0.15, 0.2) is 52.9 Å². The lowest BCUT2D eigenvalue weighted by Gasteiger charge is -2.05. The van der Waals surface area contributed by atoms with Gasteiger partial charge in [-0.3, -0.25) is 0 Å². The van der Waals surface area contributed by atoms with Crippen molar-refractivity contribution < 1.29 is 8.81 Å². The van der Waals surface area contributed by atoms with Crippen molar-refractivity contribution in [3.8, 4) is 11.5 Å². The normalized spacial score (nSPS) is 10.6. The summed E-state index contributed by atoms with van der Waals surface area (Å²) in [6.45, 7) is 0.219. The zero-order chi connectivity index (χ0) is 14.7. The highest BCUT2D eigenvalue weighted by molar-refractivity contribution is 6.30. The van der Waals surface area contributed by atoms with Crippen molar-refractivity contribution in [2.45, 2.75) is 6.54 Å².